The van der Waals surface area contributed by atoms with Crippen molar-refractivity contribution >= 4 is 23.7 Å². The molecule has 0 aliphatic carbocycles. The molecule has 2 aliphatic heterocycles. The summed E-state index contributed by atoms with van der Waals surface area (Å²) < 4.78 is 27.6. The Kier molecular flexibility index (Phi) is 11.0. The van der Waals surface area contributed by atoms with Crippen molar-refractivity contribution < 1.29 is 48.6 Å². The van der Waals surface area contributed by atoms with Crippen molar-refractivity contribution in [3.8, 4) is 40.2 Å². The average molecular weight is 709 g/mol. The highest BCUT2D eigenvalue weighted by molar-refractivity contribution is 6.10. The molecule has 1 atom stereocenters. The zero-order chi connectivity index (χ0) is 37.8. The minimum absolute atomic E-state index is 0.0505. The molecule has 10 nitrogen and oxygen atoms in total. The number of hydrogen-bond donors (Lipinski definition) is 3. The van der Waals surface area contributed by atoms with E-state index < -0.39 is 17.3 Å². The van der Waals surface area contributed by atoms with Crippen LogP contribution in [0.3, 0.4) is 0 Å². The summed E-state index contributed by atoms with van der Waals surface area (Å²) in [6, 6.07) is 19.1. The summed E-state index contributed by atoms with van der Waals surface area (Å²) in [5.41, 5.74) is 2.24. The van der Waals surface area contributed by atoms with Crippen LogP contribution in [0.4, 0.5) is 0 Å². The van der Waals surface area contributed by atoms with Crippen LogP contribution in [0, 0.1) is 0 Å². The number of phenolic OH excluding ortho intramolecular Hbond substituents is 2. The first-order chi connectivity index (χ1) is 24.7. The Balaban J connectivity index is 0.000000217. The number of allylic oxidation sites excluding steroid dienone is 1. The molecule has 0 saturated carbocycles. The van der Waals surface area contributed by atoms with E-state index in [0.29, 0.717) is 40.5 Å². The van der Waals surface area contributed by atoms with Crippen LogP contribution in [0.25, 0.3) is 12.2 Å². The number of rotatable bonds is 9. The number of fused-ring (bicyclic) bond motifs is 2. The number of ether oxygens (including phenoxy) is 5. The molecule has 10 heteroatoms. The van der Waals surface area contributed by atoms with Gasteiger partial charge in [-0.2, -0.15) is 0 Å². The molecule has 1 unspecified atom stereocenters. The summed E-state index contributed by atoms with van der Waals surface area (Å²) in [4.78, 5) is 25.4. The molecule has 0 bridgehead atoms. The minimum Gasteiger partial charge on any atom is -0.507 e. The highest BCUT2D eigenvalue weighted by Gasteiger charge is 2.36. The number of ketones is 2. The van der Waals surface area contributed by atoms with E-state index >= 15 is 0 Å². The van der Waals surface area contributed by atoms with Crippen LogP contribution < -0.4 is 23.7 Å². The third kappa shape index (κ3) is 8.24. The van der Waals surface area contributed by atoms with E-state index in [1.807, 2.05) is 68.5 Å². The van der Waals surface area contributed by atoms with E-state index in [2.05, 4.69) is 0 Å². The van der Waals surface area contributed by atoms with Gasteiger partial charge in [0.2, 0.25) is 0 Å². The van der Waals surface area contributed by atoms with E-state index in [0.717, 1.165) is 11.1 Å². The van der Waals surface area contributed by atoms with Crippen LogP contribution in [0.5, 0.6) is 40.2 Å². The molecule has 0 spiro atoms. The Bertz CT molecular complexity index is 2020. The van der Waals surface area contributed by atoms with Gasteiger partial charge in [0.15, 0.2) is 11.6 Å². The number of hydrogen-bond acceptors (Lipinski definition) is 10. The van der Waals surface area contributed by atoms with Gasteiger partial charge in [-0.15, -0.1) is 0 Å². The van der Waals surface area contributed by atoms with Crippen molar-refractivity contribution in [1.29, 1.82) is 0 Å². The third-order valence-electron chi connectivity index (χ3n) is 8.87. The topological polar surface area (TPSA) is 141 Å². The van der Waals surface area contributed by atoms with Gasteiger partial charge >= 0.3 is 0 Å². The molecule has 4 aromatic carbocycles. The Labute approximate surface area is 303 Å². The van der Waals surface area contributed by atoms with Crippen molar-refractivity contribution in [2.24, 2.45) is 0 Å². The Hall–Kier alpha value is -5.74. The van der Waals surface area contributed by atoms with Crippen LogP contribution in [-0.2, 0) is 12.8 Å². The van der Waals surface area contributed by atoms with Crippen LogP contribution in [0.2, 0.25) is 0 Å². The maximum atomic E-state index is 13.1. The van der Waals surface area contributed by atoms with Gasteiger partial charge in [-0.05, 0) is 69.2 Å². The number of aliphatic hydroxyl groups excluding tert-OH is 1. The Morgan fingerprint density at radius 3 is 2.27 bits per heavy atom. The summed E-state index contributed by atoms with van der Waals surface area (Å²) in [6.07, 6.45) is 6.68. The molecule has 0 amide bonds. The zero-order valence-corrected chi connectivity index (χ0v) is 30.4. The van der Waals surface area contributed by atoms with Gasteiger partial charge < -0.3 is 39.0 Å². The van der Waals surface area contributed by atoms with E-state index in [-0.39, 0.29) is 46.4 Å². The Morgan fingerprint density at radius 2 is 1.60 bits per heavy atom. The normalized spacial score (nSPS) is 16.3. The maximum Gasteiger partial charge on any atom is 0.193 e. The van der Waals surface area contributed by atoms with E-state index in [9.17, 15) is 24.9 Å². The highest BCUT2D eigenvalue weighted by atomic mass is 16.5. The van der Waals surface area contributed by atoms with Crippen molar-refractivity contribution in [3.05, 3.63) is 112 Å². The SMILES string of the molecule is COc1c(CC(=O)c2cc3c(cc2O)OC(C)(C)C(O)C3)ccc2c1C=CC(C)(C)O2.COc1cc(O)c(C(=O)C=Cc2ccccc2)c(OC)c1. The number of phenols is 2. The van der Waals surface area contributed by atoms with Crippen molar-refractivity contribution in [2.75, 3.05) is 21.3 Å². The van der Waals surface area contributed by atoms with Gasteiger partial charge in [-0.25, -0.2) is 0 Å². The fourth-order valence-electron chi connectivity index (χ4n) is 5.94. The lowest BCUT2D eigenvalue weighted by molar-refractivity contribution is -0.0412. The second kappa shape index (κ2) is 15.2. The third-order valence-corrected chi connectivity index (χ3v) is 8.87. The summed E-state index contributed by atoms with van der Waals surface area (Å²) in [6.45, 7) is 7.52. The fourth-order valence-corrected chi connectivity index (χ4v) is 5.94. The maximum absolute atomic E-state index is 13.1. The standard InChI is InChI=1S/C25H28O6.C17H16O4/c1-24(2)9-8-16-20(30-24)7-6-14(23(16)29-5)11-18(26)17-10-15-12-22(28)25(3,4)31-21(15)13-19(17)27;1-20-13-10-15(19)17(16(11-13)21-2)14(18)9-8-12-6-4-3-5-7-12/h6-10,13,22,27-28H,11-12H2,1-5H3;3-11,19H,1-2H3. The largest absolute Gasteiger partial charge is 0.507 e. The van der Waals surface area contributed by atoms with Gasteiger partial charge in [-0.3, -0.25) is 9.59 Å². The molecule has 0 radical (unpaired) electrons. The first-order valence-corrected chi connectivity index (χ1v) is 16.7. The number of methoxy groups -OCH3 is 3. The predicted octanol–water partition coefficient (Wildman–Crippen LogP) is 7.39. The molecule has 0 aromatic heterocycles. The monoisotopic (exact) mass is 708 g/mol. The van der Waals surface area contributed by atoms with E-state index in [4.69, 9.17) is 23.7 Å². The fraction of sp³-hybridized carbons (Fsp3) is 0.286. The molecule has 3 N–H and O–H groups in total. The van der Waals surface area contributed by atoms with Gasteiger partial charge in [0.1, 0.15) is 57.0 Å². The van der Waals surface area contributed by atoms with Gasteiger partial charge in [-0.1, -0.05) is 42.5 Å². The highest BCUT2D eigenvalue weighted by Crippen LogP contribution is 2.41. The number of carbonyl (C=O) groups is 2. The van der Waals surface area contributed by atoms with E-state index in [1.54, 1.807) is 39.2 Å². The van der Waals surface area contributed by atoms with Crippen molar-refractivity contribution in [1.82, 2.24) is 0 Å². The summed E-state index contributed by atoms with van der Waals surface area (Å²) in [5.74, 6) is 1.56. The number of aliphatic hydroxyl groups is 1. The van der Waals surface area contributed by atoms with Gasteiger partial charge in [0.05, 0.1) is 38.6 Å². The van der Waals surface area contributed by atoms with Crippen LogP contribution >= 0.6 is 0 Å². The lowest BCUT2D eigenvalue weighted by atomic mass is 9.89. The minimum atomic E-state index is -0.758. The Morgan fingerprint density at radius 1 is 0.865 bits per heavy atom. The first kappa shape index (κ1) is 37.5. The molecule has 6 rings (SSSR count). The smallest absolute Gasteiger partial charge is 0.193 e. The summed E-state index contributed by atoms with van der Waals surface area (Å²) >= 11 is 0. The number of Topliss-reactive ketones (excluding diaryl/α,β-unsaturated/α-hetero) is 1. The second-order valence-corrected chi connectivity index (χ2v) is 13.5. The zero-order valence-electron chi connectivity index (χ0n) is 30.4. The van der Waals surface area contributed by atoms with Crippen LogP contribution in [0.1, 0.15) is 70.7 Å². The molecular formula is C42H44O10. The van der Waals surface area contributed by atoms with Crippen molar-refractivity contribution in [3.63, 3.8) is 0 Å². The van der Waals surface area contributed by atoms with Crippen molar-refractivity contribution in [2.45, 2.75) is 57.8 Å². The number of aromatic hydroxyl groups is 2. The molecule has 2 aliphatic rings. The van der Waals surface area contributed by atoms with Crippen LogP contribution in [-0.4, -0.2) is 65.5 Å². The van der Waals surface area contributed by atoms with Gasteiger partial charge in [0, 0.05) is 36.6 Å². The molecular weight excluding hydrogens is 664 g/mol. The molecule has 0 saturated heterocycles. The molecule has 0 fully saturated rings. The average Bonchev–Trinajstić information content (AvgIpc) is 3.10. The molecule has 2 heterocycles. The second-order valence-electron chi connectivity index (χ2n) is 13.5. The number of benzene rings is 4. The van der Waals surface area contributed by atoms with Gasteiger partial charge in [0.25, 0.3) is 0 Å². The first-order valence-electron chi connectivity index (χ1n) is 16.7. The number of carbonyl (C=O) groups excluding carboxylic acids is 2. The summed E-state index contributed by atoms with van der Waals surface area (Å²) in [7, 11) is 4.48. The van der Waals surface area contributed by atoms with Crippen LogP contribution in [0.15, 0.2) is 78.9 Å². The lowest BCUT2D eigenvalue weighted by Gasteiger charge is -2.37. The quantitative estimate of drug-likeness (QED) is 0.119. The summed E-state index contributed by atoms with van der Waals surface area (Å²) in [5, 5.41) is 30.8. The van der Waals surface area contributed by atoms with E-state index in [1.165, 1.54) is 32.4 Å². The molecule has 4 aromatic rings. The predicted molar refractivity (Wildman–Crippen MR) is 198 cm³/mol. The molecule has 52 heavy (non-hydrogen) atoms. The molecule has 272 valence electrons. The lowest BCUT2D eigenvalue weighted by Crippen LogP contribution is -2.46.